The number of aromatic nitrogens is 3. The number of nitrogens with one attached hydrogen (secondary N) is 1. The second-order valence-corrected chi connectivity index (χ2v) is 7.66. The number of allylic oxidation sites excluding steroid dienone is 1. The summed E-state index contributed by atoms with van der Waals surface area (Å²) in [5.41, 5.74) is 3.34. The summed E-state index contributed by atoms with van der Waals surface area (Å²) >= 11 is 1.36. The van der Waals surface area contributed by atoms with E-state index in [-0.39, 0.29) is 11.7 Å². The van der Waals surface area contributed by atoms with Crippen LogP contribution in [0.4, 0.5) is 0 Å². The van der Waals surface area contributed by atoms with Crippen LogP contribution < -0.4 is 10.1 Å². The molecule has 2 aromatic carbocycles. The molecule has 3 rings (SSSR count). The number of hydrogen-bond donors (Lipinski definition) is 1. The number of thioether (sulfide) groups is 1. The molecule has 1 heterocycles. The van der Waals surface area contributed by atoms with Gasteiger partial charge in [0, 0.05) is 13.1 Å². The molecule has 0 radical (unpaired) electrons. The molecule has 30 heavy (non-hydrogen) atoms. The molecule has 0 atom stereocenters. The molecule has 0 saturated heterocycles. The number of hydrogen-bond acceptors (Lipinski definition) is 5. The molecular weight excluding hydrogens is 396 g/mol. The smallest absolute Gasteiger partial charge is 0.230 e. The number of nitrogens with zero attached hydrogens (tertiary/aromatic N) is 3. The molecule has 0 saturated carbocycles. The maximum atomic E-state index is 12.3. The van der Waals surface area contributed by atoms with Crippen LogP contribution >= 0.6 is 11.8 Å². The number of methoxy groups -OCH3 is 1. The predicted molar refractivity (Wildman–Crippen MR) is 121 cm³/mol. The molecule has 156 valence electrons. The van der Waals surface area contributed by atoms with Crippen molar-refractivity contribution < 1.29 is 9.53 Å². The molecule has 3 aromatic rings. The highest BCUT2D eigenvalue weighted by Crippen LogP contribution is 2.30. The average Bonchev–Trinajstić information content (AvgIpc) is 3.16. The Morgan fingerprint density at radius 2 is 1.97 bits per heavy atom. The van der Waals surface area contributed by atoms with Gasteiger partial charge in [0.15, 0.2) is 11.0 Å². The summed E-state index contributed by atoms with van der Waals surface area (Å²) in [5.74, 6) is 1.66. The fraction of sp³-hybridized carbons (Fsp3) is 0.261. The van der Waals surface area contributed by atoms with Gasteiger partial charge >= 0.3 is 0 Å². The van der Waals surface area contributed by atoms with Crippen molar-refractivity contribution in [1.29, 1.82) is 0 Å². The summed E-state index contributed by atoms with van der Waals surface area (Å²) < 4.78 is 7.39. The van der Waals surface area contributed by atoms with E-state index in [0.29, 0.717) is 24.1 Å². The zero-order valence-electron chi connectivity index (χ0n) is 17.3. The fourth-order valence-electron chi connectivity index (χ4n) is 3.13. The second-order valence-electron chi connectivity index (χ2n) is 6.72. The molecule has 7 heteroatoms. The molecule has 0 unspecified atom stereocenters. The summed E-state index contributed by atoms with van der Waals surface area (Å²) in [6, 6.07) is 15.9. The maximum absolute atomic E-state index is 12.3. The maximum Gasteiger partial charge on any atom is 0.230 e. The number of carbonyl (C=O) groups is 1. The molecule has 1 N–H and O–H groups in total. The molecule has 0 aliphatic rings. The van der Waals surface area contributed by atoms with Gasteiger partial charge in [-0.15, -0.1) is 16.8 Å². The van der Waals surface area contributed by atoms with Crippen molar-refractivity contribution >= 4 is 17.7 Å². The van der Waals surface area contributed by atoms with Gasteiger partial charge in [0.2, 0.25) is 5.91 Å². The van der Waals surface area contributed by atoms with Gasteiger partial charge < -0.3 is 10.1 Å². The zero-order valence-corrected chi connectivity index (χ0v) is 18.1. The Labute approximate surface area is 181 Å². The van der Waals surface area contributed by atoms with Crippen LogP contribution in [0.2, 0.25) is 0 Å². The molecule has 1 amide bonds. The number of aryl methyl sites for hydroxylation is 1. The Kier molecular flexibility index (Phi) is 7.68. The lowest BCUT2D eigenvalue weighted by Gasteiger charge is -2.11. The van der Waals surface area contributed by atoms with Crippen molar-refractivity contribution in [3.05, 3.63) is 72.3 Å². The first-order valence-corrected chi connectivity index (χ1v) is 10.7. The van der Waals surface area contributed by atoms with Crippen LogP contribution in [0, 0.1) is 6.92 Å². The van der Waals surface area contributed by atoms with Gasteiger partial charge in [-0.05, 0) is 36.6 Å². The monoisotopic (exact) mass is 422 g/mol. The van der Waals surface area contributed by atoms with Crippen molar-refractivity contribution in [1.82, 2.24) is 20.1 Å². The number of rotatable bonds is 10. The SMILES string of the molecule is C=CCn1c(SCC(=O)NCCc2ccccc2C)nnc1-c1ccccc1OC. The van der Waals surface area contributed by atoms with Gasteiger partial charge in [-0.1, -0.05) is 54.2 Å². The number of benzene rings is 2. The first kappa shape index (κ1) is 21.6. The lowest BCUT2D eigenvalue weighted by Crippen LogP contribution is -2.27. The Bertz CT molecular complexity index is 1020. The van der Waals surface area contributed by atoms with Crippen LogP contribution in [0.25, 0.3) is 11.4 Å². The number of ether oxygens (including phenoxy) is 1. The molecule has 0 bridgehead atoms. The van der Waals surface area contributed by atoms with Crippen molar-refractivity contribution in [2.75, 3.05) is 19.4 Å². The van der Waals surface area contributed by atoms with Crippen LogP contribution in [0.5, 0.6) is 5.75 Å². The Hall–Kier alpha value is -3.06. The van der Waals surface area contributed by atoms with Crippen molar-refractivity contribution in [2.45, 2.75) is 25.0 Å². The van der Waals surface area contributed by atoms with Crippen molar-refractivity contribution in [3.63, 3.8) is 0 Å². The van der Waals surface area contributed by atoms with Crippen LogP contribution in [0.1, 0.15) is 11.1 Å². The van der Waals surface area contributed by atoms with Crippen LogP contribution in [0.15, 0.2) is 66.3 Å². The van der Waals surface area contributed by atoms with E-state index < -0.39 is 0 Å². The Morgan fingerprint density at radius 1 is 1.20 bits per heavy atom. The van der Waals surface area contributed by atoms with Gasteiger partial charge in [-0.3, -0.25) is 9.36 Å². The molecule has 1 aromatic heterocycles. The zero-order chi connectivity index (χ0) is 21.3. The third-order valence-electron chi connectivity index (χ3n) is 4.69. The molecule has 0 spiro atoms. The standard InChI is InChI=1S/C23H26N4O2S/c1-4-15-27-22(19-11-7-8-12-20(19)29-3)25-26-23(27)30-16-21(28)24-14-13-18-10-6-5-9-17(18)2/h4-12H,1,13-16H2,2-3H3,(H,24,28). The van der Waals surface area contributed by atoms with E-state index in [1.807, 2.05) is 41.0 Å². The summed E-state index contributed by atoms with van der Waals surface area (Å²) in [5, 5.41) is 12.3. The minimum Gasteiger partial charge on any atom is -0.496 e. The van der Waals surface area contributed by atoms with Gasteiger partial charge in [-0.2, -0.15) is 0 Å². The number of amides is 1. The Morgan fingerprint density at radius 3 is 2.73 bits per heavy atom. The highest BCUT2D eigenvalue weighted by Gasteiger charge is 2.17. The van der Waals surface area contributed by atoms with Gasteiger partial charge in [0.05, 0.1) is 18.4 Å². The molecular formula is C23H26N4O2S. The fourth-order valence-corrected chi connectivity index (χ4v) is 3.90. The van der Waals surface area contributed by atoms with Crippen molar-refractivity contribution in [2.24, 2.45) is 0 Å². The summed E-state index contributed by atoms with van der Waals surface area (Å²) in [6.07, 6.45) is 2.60. The first-order chi connectivity index (χ1) is 14.6. The normalized spacial score (nSPS) is 10.6. The predicted octanol–water partition coefficient (Wildman–Crippen LogP) is 3.90. The topological polar surface area (TPSA) is 69.0 Å². The van der Waals surface area contributed by atoms with E-state index in [4.69, 9.17) is 4.74 Å². The molecule has 0 fully saturated rings. The van der Waals surface area contributed by atoms with Gasteiger partial charge in [0.25, 0.3) is 0 Å². The van der Waals surface area contributed by atoms with E-state index in [2.05, 4.69) is 41.1 Å². The van der Waals surface area contributed by atoms with Crippen molar-refractivity contribution in [3.8, 4) is 17.1 Å². The first-order valence-electron chi connectivity index (χ1n) is 9.75. The van der Waals surface area contributed by atoms with E-state index in [1.54, 1.807) is 13.2 Å². The average molecular weight is 423 g/mol. The minimum atomic E-state index is -0.0272. The highest BCUT2D eigenvalue weighted by molar-refractivity contribution is 7.99. The number of para-hydroxylation sites is 1. The highest BCUT2D eigenvalue weighted by atomic mass is 32.2. The van der Waals surface area contributed by atoms with E-state index in [0.717, 1.165) is 17.7 Å². The molecule has 6 nitrogen and oxygen atoms in total. The van der Waals surface area contributed by atoms with Crippen LogP contribution in [-0.4, -0.2) is 40.1 Å². The van der Waals surface area contributed by atoms with Crippen LogP contribution in [-0.2, 0) is 17.8 Å². The van der Waals surface area contributed by atoms with E-state index in [1.165, 1.54) is 22.9 Å². The van der Waals surface area contributed by atoms with E-state index in [9.17, 15) is 4.79 Å². The van der Waals surface area contributed by atoms with Gasteiger partial charge in [-0.25, -0.2) is 0 Å². The van der Waals surface area contributed by atoms with E-state index >= 15 is 0 Å². The second kappa shape index (κ2) is 10.6. The summed E-state index contributed by atoms with van der Waals surface area (Å²) in [6.45, 7) is 7.06. The van der Waals surface area contributed by atoms with Crippen LogP contribution in [0.3, 0.4) is 0 Å². The molecule has 0 aliphatic heterocycles. The summed E-state index contributed by atoms with van der Waals surface area (Å²) in [4.78, 5) is 12.3. The minimum absolute atomic E-state index is 0.0272. The largest absolute Gasteiger partial charge is 0.496 e. The lowest BCUT2D eigenvalue weighted by molar-refractivity contribution is -0.118. The number of carbonyl (C=O) groups excluding carboxylic acids is 1. The third kappa shape index (κ3) is 5.30. The summed E-state index contributed by atoms with van der Waals surface area (Å²) in [7, 11) is 1.63. The third-order valence-corrected chi connectivity index (χ3v) is 5.65. The quantitative estimate of drug-likeness (QED) is 0.396. The molecule has 0 aliphatic carbocycles. The lowest BCUT2D eigenvalue weighted by atomic mass is 10.1. The van der Waals surface area contributed by atoms with Gasteiger partial charge in [0.1, 0.15) is 5.75 Å². The Balaban J connectivity index is 1.62.